The van der Waals surface area contributed by atoms with E-state index < -0.39 is 0 Å². The van der Waals surface area contributed by atoms with E-state index in [2.05, 4.69) is 38.6 Å². The molecule has 0 aromatic carbocycles. The predicted octanol–water partition coefficient (Wildman–Crippen LogP) is 6.22. The van der Waals surface area contributed by atoms with Crippen molar-refractivity contribution >= 4 is 34.2 Å². The molecule has 4 rings (SSSR count). The first-order valence-electron chi connectivity index (χ1n) is 10.9. The highest BCUT2D eigenvalue weighted by Crippen LogP contribution is 2.34. The molecule has 0 radical (unpaired) electrons. The number of hydrogen-bond acceptors (Lipinski definition) is 5. The first-order valence-corrected chi connectivity index (χ1v) is 12.8. The summed E-state index contributed by atoms with van der Waals surface area (Å²) in [5.41, 5.74) is 5.70. The zero-order chi connectivity index (χ0) is 20.1. The molecule has 156 valence electrons. The number of thiophene rings is 2. The summed E-state index contributed by atoms with van der Waals surface area (Å²) in [6.45, 7) is 4.98. The average molecular weight is 430 g/mol. The topological polar surface area (TPSA) is 29.5 Å². The molecule has 1 atom stereocenters. The van der Waals surface area contributed by atoms with Crippen molar-refractivity contribution in [2.24, 2.45) is 5.92 Å². The molecule has 2 aromatic rings. The van der Waals surface area contributed by atoms with Crippen molar-refractivity contribution in [1.29, 1.82) is 0 Å². The highest BCUT2D eigenvalue weighted by atomic mass is 32.1. The first-order chi connectivity index (χ1) is 14.2. The van der Waals surface area contributed by atoms with Crippen molar-refractivity contribution in [3.63, 3.8) is 0 Å². The minimum atomic E-state index is -0.0248. The van der Waals surface area contributed by atoms with Crippen molar-refractivity contribution in [2.45, 2.75) is 58.0 Å². The summed E-state index contributed by atoms with van der Waals surface area (Å²) in [7, 11) is 0. The van der Waals surface area contributed by atoms with Crippen LogP contribution in [0.1, 0.15) is 63.0 Å². The van der Waals surface area contributed by atoms with Gasteiger partial charge in [0.05, 0.1) is 5.92 Å². The van der Waals surface area contributed by atoms with Gasteiger partial charge in [-0.15, -0.1) is 0 Å². The molecule has 0 bridgehead atoms. The van der Waals surface area contributed by atoms with Crippen LogP contribution in [0.3, 0.4) is 0 Å². The Labute approximate surface area is 182 Å². The molecule has 1 saturated carbocycles. The first kappa shape index (κ1) is 20.8. The summed E-state index contributed by atoms with van der Waals surface area (Å²) in [6.07, 6.45) is 7.78. The molecule has 1 aliphatic carbocycles. The van der Waals surface area contributed by atoms with Crippen LogP contribution in [0.25, 0.3) is 5.57 Å². The molecular formula is C24H31NO2S2. The fourth-order valence-corrected chi connectivity index (χ4v) is 5.97. The van der Waals surface area contributed by atoms with Gasteiger partial charge in [-0.2, -0.15) is 22.7 Å². The zero-order valence-electron chi connectivity index (χ0n) is 17.3. The number of esters is 1. The Bertz CT molecular complexity index is 758. The largest absolute Gasteiger partial charge is 0.461 e. The maximum Gasteiger partial charge on any atom is 0.309 e. The number of piperidine rings is 1. The van der Waals surface area contributed by atoms with Crippen LogP contribution in [0, 0.1) is 5.92 Å². The number of hydrogen-bond donors (Lipinski definition) is 0. The van der Waals surface area contributed by atoms with Crippen LogP contribution in [0.4, 0.5) is 0 Å². The fourth-order valence-electron chi connectivity index (χ4n) is 4.68. The molecule has 1 unspecified atom stereocenters. The molecule has 2 aliphatic rings. The molecule has 0 amide bonds. The van der Waals surface area contributed by atoms with Crippen LogP contribution in [0.15, 0.2) is 39.2 Å². The molecule has 2 fully saturated rings. The van der Waals surface area contributed by atoms with Crippen molar-refractivity contribution < 1.29 is 9.53 Å². The summed E-state index contributed by atoms with van der Waals surface area (Å²) < 4.78 is 5.79. The second-order valence-corrected chi connectivity index (χ2v) is 9.95. The summed E-state index contributed by atoms with van der Waals surface area (Å²) in [6, 6.07) is 4.48. The Morgan fingerprint density at radius 1 is 1.07 bits per heavy atom. The Morgan fingerprint density at radius 3 is 2.24 bits per heavy atom. The maximum atomic E-state index is 12.4. The van der Waals surface area contributed by atoms with Gasteiger partial charge in [0.2, 0.25) is 0 Å². The number of nitrogens with zero attached hydrogens (tertiary/aromatic N) is 1. The van der Waals surface area contributed by atoms with Gasteiger partial charge in [-0.25, -0.2) is 0 Å². The van der Waals surface area contributed by atoms with Gasteiger partial charge in [0.15, 0.2) is 0 Å². The van der Waals surface area contributed by atoms with Crippen molar-refractivity contribution in [3.8, 4) is 0 Å². The number of likely N-dealkylation sites (tertiary alicyclic amines) is 1. The van der Waals surface area contributed by atoms with Crippen molar-refractivity contribution in [2.75, 3.05) is 19.6 Å². The van der Waals surface area contributed by atoms with Gasteiger partial charge in [0.1, 0.15) is 6.10 Å². The Kier molecular flexibility index (Phi) is 7.22. The molecule has 1 aliphatic heterocycles. The van der Waals surface area contributed by atoms with Gasteiger partial charge in [-0.1, -0.05) is 24.8 Å². The standard InChI is InChI=1S/C24H31NO2S2/c1-18(27-24(26)20-5-3-2-4-6-20)15-25-11-7-19(8-12-25)23(21-9-13-28-16-21)22-10-14-29-17-22/h9-10,13-14,16-18,20H,2-8,11-12,15H2,1H3. The monoisotopic (exact) mass is 429 g/mol. The van der Waals surface area contributed by atoms with E-state index in [0.29, 0.717) is 0 Å². The minimum Gasteiger partial charge on any atom is -0.461 e. The van der Waals surface area contributed by atoms with Gasteiger partial charge in [-0.05, 0) is 83.0 Å². The smallest absolute Gasteiger partial charge is 0.309 e. The summed E-state index contributed by atoms with van der Waals surface area (Å²) in [5.74, 6) is 0.174. The Morgan fingerprint density at radius 2 is 1.69 bits per heavy atom. The van der Waals surface area contributed by atoms with Gasteiger partial charge < -0.3 is 4.74 Å². The second-order valence-electron chi connectivity index (χ2n) is 8.39. The van der Waals surface area contributed by atoms with Gasteiger partial charge in [-0.3, -0.25) is 9.69 Å². The SMILES string of the molecule is CC(CN1CCC(=C(c2ccsc2)c2ccsc2)CC1)OC(=O)C1CCCCC1. The van der Waals surface area contributed by atoms with E-state index in [1.54, 1.807) is 28.2 Å². The minimum absolute atomic E-state index is 0.0248. The van der Waals surface area contributed by atoms with Crippen LogP contribution in [-0.4, -0.2) is 36.6 Å². The van der Waals surface area contributed by atoms with Crippen LogP contribution >= 0.6 is 22.7 Å². The van der Waals surface area contributed by atoms with Gasteiger partial charge >= 0.3 is 5.97 Å². The van der Waals surface area contributed by atoms with Crippen LogP contribution in [0.2, 0.25) is 0 Å². The lowest BCUT2D eigenvalue weighted by Crippen LogP contribution is -2.38. The predicted molar refractivity (Wildman–Crippen MR) is 122 cm³/mol. The quantitative estimate of drug-likeness (QED) is 0.511. The third-order valence-electron chi connectivity index (χ3n) is 6.20. The van der Waals surface area contributed by atoms with Crippen molar-refractivity contribution in [1.82, 2.24) is 4.90 Å². The molecule has 2 aromatic heterocycles. The third kappa shape index (κ3) is 5.39. The van der Waals surface area contributed by atoms with E-state index in [1.807, 2.05) is 6.92 Å². The van der Waals surface area contributed by atoms with E-state index in [0.717, 1.165) is 45.3 Å². The molecule has 1 saturated heterocycles. The molecule has 0 N–H and O–H groups in total. The molecular weight excluding hydrogens is 398 g/mol. The lowest BCUT2D eigenvalue weighted by atomic mass is 9.89. The molecule has 5 heteroatoms. The normalized spacial score (nSPS) is 19.8. The summed E-state index contributed by atoms with van der Waals surface area (Å²) in [5, 5.41) is 8.86. The number of carbonyl (C=O) groups excluding carboxylic acids is 1. The van der Waals surface area contributed by atoms with Gasteiger partial charge in [0.25, 0.3) is 0 Å². The molecule has 3 heterocycles. The highest BCUT2D eigenvalue weighted by Gasteiger charge is 2.26. The Hall–Kier alpha value is -1.43. The Balaban J connectivity index is 1.33. The maximum absolute atomic E-state index is 12.4. The van der Waals surface area contributed by atoms with E-state index in [4.69, 9.17) is 4.74 Å². The molecule has 29 heavy (non-hydrogen) atoms. The summed E-state index contributed by atoms with van der Waals surface area (Å²) >= 11 is 3.53. The number of rotatable bonds is 6. The lowest BCUT2D eigenvalue weighted by molar-refractivity contribution is -0.155. The average Bonchev–Trinajstić information content (AvgIpc) is 3.45. The highest BCUT2D eigenvalue weighted by molar-refractivity contribution is 7.08. The van der Waals surface area contributed by atoms with Crippen LogP contribution in [-0.2, 0) is 9.53 Å². The van der Waals surface area contributed by atoms with Crippen LogP contribution < -0.4 is 0 Å². The second kappa shape index (κ2) is 10.1. The zero-order valence-corrected chi connectivity index (χ0v) is 18.9. The van der Waals surface area contributed by atoms with E-state index in [1.165, 1.54) is 36.0 Å². The summed E-state index contributed by atoms with van der Waals surface area (Å²) in [4.78, 5) is 14.9. The number of carbonyl (C=O) groups is 1. The fraction of sp³-hybridized carbons (Fsp3) is 0.542. The van der Waals surface area contributed by atoms with E-state index >= 15 is 0 Å². The molecule has 0 spiro atoms. The number of ether oxygens (including phenoxy) is 1. The van der Waals surface area contributed by atoms with E-state index in [-0.39, 0.29) is 18.0 Å². The van der Waals surface area contributed by atoms with E-state index in [9.17, 15) is 4.79 Å². The van der Waals surface area contributed by atoms with Crippen LogP contribution in [0.5, 0.6) is 0 Å². The molecule has 3 nitrogen and oxygen atoms in total. The van der Waals surface area contributed by atoms with Crippen molar-refractivity contribution in [3.05, 3.63) is 50.4 Å². The third-order valence-corrected chi connectivity index (χ3v) is 7.57. The van der Waals surface area contributed by atoms with Gasteiger partial charge in [0, 0.05) is 19.6 Å². The lowest BCUT2D eigenvalue weighted by Gasteiger charge is -2.32.